The second kappa shape index (κ2) is 5.46. The van der Waals surface area contributed by atoms with Crippen LogP contribution in [-0.4, -0.2) is 37.7 Å². The standard InChI is InChI=1S/C13H23NO3/c1-16-7-4-11(14)12(15)10-3-8-17-13(9-10)5-2-6-13/h10-11H,2-9,14H2,1H3. The van der Waals surface area contributed by atoms with Gasteiger partial charge in [0.05, 0.1) is 11.6 Å². The zero-order valence-electron chi connectivity index (χ0n) is 10.6. The highest BCUT2D eigenvalue weighted by molar-refractivity contribution is 5.86. The zero-order chi connectivity index (χ0) is 12.3. The van der Waals surface area contributed by atoms with E-state index < -0.39 is 0 Å². The minimum Gasteiger partial charge on any atom is -0.385 e. The van der Waals surface area contributed by atoms with Crippen LogP contribution in [0.1, 0.15) is 38.5 Å². The third kappa shape index (κ3) is 2.87. The Bertz CT molecular complexity index is 276. The van der Waals surface area contributed by atoms with E-state index >= 15 is 0 Å². The van der Waals surface area contributed by atoms with Gasteiger partial charge < -0.3 is 15.2 Å². The van der Waals surface area contributed by atoms with Crippen LogP contribution in [-0.2, 0) is 14.3 Å². The van der Waals surface area contributed by atoms with Crippen molar-refractivity contribution in [1.82, 2.24) is 0 Å². The van der Waals surface area contributed by atoms with Crippen LogP contribution in [0.25, 0.3) is 0 Å². The molecule has 0 aromatic heterocycles. The van der Waals surface area contributed by atoms with Crippen LogP contribution in [0, 0.1) is 5.92 Å². The van der Waals surface area contributed by atoms with E-state index in [-0.39, 0.29) is 23.3 Å². The van der Waals surface area contributed by atoms with E-state index in [9.17, 15) is 4.79 Å². The maximum absolute atomic E-state index is 12.2. The highest BCUT2D eigenvalue weighted by Gasteiger charge is 2.44. The Hall–Kier alpha value is -0.450. The van der Waals surface area contributed by atoms with E-state index in [1.165, 1.54) is 6.42 Å². The third-order valence-corrected chi connectivity index (χ3v) is 4.16. The molecule has 1 saturated carbocycles. The number of ether oxygens (including phenoxy) is 2. The number of methoxy groups -OCH3 is 1. The van der Waals surface area contributed by atoms with Gasteiger partial charge in [0.2, 0.25) is 0 Å². The summed E-state index contributed by atoms with van der Waals surface area (Å²) in [6.45, 7) is 1.27. The maximum Gasteiger partial charge on any atom is 0.152 e. The number of nitrogens with two attached hydrogens (primary N) is 1. The van der Waals surface area contributed by atoms with Crippen LogP contribution < -0.4 is 5.73 Å². The lowest BCUT2D eigenvalue weighted by Gasteiger charge is -2.47. The zero-order valence-corrected chi connectivity index (χ0v) is 10.6. The van der Waals surface area contributed by atoms with Crippen molar-refractivity contribution in [2.45, 2.75) is 50.2 Å². The molecule has 1 aliphatic heterocycles. The molecular weight excluding hydrogens is 218 g/mol. The second-order valence-electron chi connectivity index (χ2n) is 5.37. The summed E-state index contributed by atoms with van der Waals surface area (Å²) >= 11 is 0. The van der Waals surface area contributed by atoms with Crippen molar-refractivity contribution in [2.75, 3.05) is 20.3 Å². The first-order chi connectivity index (χ1) is 8.17. The molecule has 1 aliphatic carbocycles. The van der Waals surface area contributed by atoms with Gasteiger partial charge in [-0.25, -0.2) is 0 Å². The van der Waals surface area contributed by atoms with Crippen LogP contribution in [0.5, 0.6) is 0 Å². The minimum absolute atomic E-state index is 0.0273. The minimum atomic E-state index is -0.366. The van der Waals surface area contributed by atoms with Crippen molar-refractivity contribution in [1.29, 1.82) is 0 Å². The van der Waals surface area contributed by atoms with Crippen molar-refractivity contribution < 1.29 is 14.3 Å². The van der Waals surface area contributed by atoms with Gasteiger partial charge in [0.1, 0.15) is 0 Å². The van der Waals surface area contributed by atoms with Crippen LogP contribution in [0.3, 0.4) is 0 Å². The fourth-order valence-electron chi connectivity index (χ4n) is 2.88. The summed E-state index contributed by atoms with van der Waals surface area (Å²) in [5.74, 6) is 0.313. The van der Waals surface area contributed by atoms with Gasteiger partial charge in [0, 0.05) is 26.2 Å². The van der Waals surface area contributed by atoms with Gasteiger partial charge in [0.15, 0.2) is 5.78 Å². The predicted octanol–water partition coefficient (Wildman–Crippen LogP) is 1.27. The Labute approximate surface area is 103 Å². The molecule has 4 heteroatoms. The SMILES string of the molecule is COCCC(N)C(=O)C1CCOC2(CCC2)C1. The van der Waals surface area contributed by atoms with Crippen LogP contribution in [0.2, 0.25) is 0 Å². The topological polar surface area (TPSA) is 61.5 Å². The van der Waals surface area contributed by atoms with Crippen molar-refractivity contribution in [3.8, 4) is 0 Å². The Balaban J connectivity index is 1.86. The summed E-state index contributed by atoms with van der Waals surface area (Å²) in [5, 5.41) is 0. The summed E-state index contributed by atoms with van der Waals surface area (Å²) in [7, 11) is 1.63. The van der Waals surface area contributed by atoms with Crippen LogP contribution in [0.15, 0.2) is 0 Å². The molecule has 2 atom stereocenters. The molecule has 0 aromatic rings. The van der Waals surface area contributed by atoms with E-state index in [1.54, 1.807) is 7.11 Å². The molecule has 0 bridgehead atoms. The molecule has 1 heterocycles. The summed E-state index contributed by atoms with van der Waals surface area (Å²) in [5.41, 5.74) is 5.94. The molecule has 2 N–H and O–H groups in total. The lowest BCUT2D eigenvalue weighted by Crippen LogP contribution is -2.49. The van der Waals surface area contributed by atoms with Crippen molar-refractivity contribution in [2.24, 2.45) is 11.7 Å². The van der Waals surface area contributed by atoms with Gasteiger partial charge in [-0.3, -0.25) is 4.79 Å². The van der Waals surface area contributed by atoms with E-state index in [0.29, 0.717) is 19.6 Å². The fourth-order valence-corrected chi connectivity index (χ4v) is 2.88. The van der Waals surface area contributed by atoms with Crippen molar-refractivity contribution in [3.05, 3.63) is 0 Å². The Kier molecular flexibility index (Phi) is 4.17. The average molecular weight is 241 g/mol. The first-order valence-corrected chi connectivity index (χ1v) is 6.59. The summed E-state index contributed by atoms with van der Waals surface area (Å²) < 4.78 is 10.8. The number of Topliss-reactive ketones (excluding diaryl/α,β-unsaturated/α-hetero) is 1. The Morgan fingerprint density at radius 3 is 2.94 bits per heavy atom. The van der Waals surface area contributed by atoms with Crippen molar-refractivity contribution in [3.63, 3.8) is 0 Å². The van der Waals surface area contributed by atoms with E-state index in [2.05, 4.69) is 0 Å². The molecule has 17 heavy (non-hydrogen) atoms. The van der Waals surface area contributed by atoms with Gasteiger partial charge in [-0.15, -0.1) is 0 Å². The lowest BCUT2D eigenvalue weighted by molar-refractivity contribution is -0.156. The second-order valence-corrected chi connectivity index (χ2v) is 5.37. The van der Waals surface area contributed by atoms with E-state index in [1.807, 2.05) is 0 Å². The number of ketones is 1. The predicted molar refractivity (Wildman–Crippen MR) is 64.7 cm³/mol. The third-order valence-electron chi connectivity index (χ3n) is 4.16. The smallest absolute Gasteiger partial charge is 0.152 e. The molecule has 0 aromatic carbocycles. The Morgan fingerprint density at radius 2 is 2.35 bits per heavy atom. The monoisotopic (exact) mass is 241 g/mol. The molecule has 0 radical (unpaired) electrons. The van der Waals surface area contributed by atoms with Gasteiger partial charge >= 0.3 is 0 Å². The fraction of sp³-hybridized carbons (Fsp3) is 0.923. The summed E-state index contributed by atoms with van der Waals surface area (Å²) in [4.78, 5) is 12.2. The van der Waals surface area contributed by atoms with E-state index in [4.69, 9.17) is 15.2 Å². The first kappa shape index (κ1) is 13.0. The molecule has 2 unspecified atom stereocenters. The lowest BCUT2D eigenvalue weighted by atomic mass is 9.70. The molecule has 2 aliphatic rings. The van der Waals surface area contributed by atoms with Gasteiger partial charge in [-0.1, -0.05) is 0 Å². The van der Waals surface area contributed by atoms with Gasteiger partial charge in [0.25, 0.3) is 0 Å². The molecular formula is C13H23NO3. The van der Waals surface area contributed by atoms with E-state index in [0.717, 1.165) is 25.7 Å². The average Bonchev–Trinajstić information content (AvgIpc) is 2.33. The quantitative estimate of drug-likeness (QED) is 0.787. The van der Waals surface area contributed by atoms with Gasteiger partial charge in [-0.2, -0.15) is 0 Å². The molecule has 98 valence electrons. The highest BCUT2D eigenvalue weighted by Crippen LogP contribution is 2.44. The number of hydrogen-bond acceptors (Lipinski definition) is 4. The van der Waals surface area contributed by atoms with Crippen molar-refractivity contribution >= 4 is 5.78 Å². The largest absolute Gasteiger partial charge is 0.385 e. The molecule has 1 saturated heterocycles. The maximum atomic E-state index is 12.2. The summed E-state index contributed by atoms with van der Waals surface area (Å²) in [6.07, 6.45) is 5.80. The first-order valence-electron chi connectivity index (χ1n) is 6.59. The number of carbonyl (C=O) groups is 1. The molecule has 0 amide bonds. The van der Waals surface area contributed by atoms with Crippen LogP contribution in [0.4, 0.5) is 0 Å². The highest BCUT2D eigenvalue weighted by atomic mass is 16.5. The van der Waals surface area contributed by atoms with Crippen LogP contribution >= 0.6 is 0 Å². The molecule has 4 nitrogen and oxygen atoms in total. The summed E-state index contributed by atoms with van der Waals surface area (Å²) in [6, 6.07) is -0.366. The number of rotatable bonds is 5. The van der Waals surface area contributed by atoms with Gasteiger partial charge in [-0.05, 0) is 38.5 Å². The molecule has 1 spiro atoms. The normalized spacial score (nSPS) is 28.7. The number of hydrogen-bond donors (Lipinski definition) is 1. The molecule has 2 fully saturated rings. The number of carbonyl (C=O) groups excluding carboxylic acids is 1. The molecule has 2 rings (SSSR count). The Morgan fingerprint density at radius 1 is 1.59 bits per heavy atom.